The highest BCUT2D eigenvalue weighted by molar-refractivity contribution is 6.52. The average Bonchev–Trinajstić information content (AvgIpc) is 2.83. The van der Waals surface area contributed by atoms with E-state index in [1.165, 1.54) is 37.4 Å². The molecule has 0 atom stereocenters. The third-order valence-electron chi connectivity index (χ3n) is 3.64. The summed E-state index contributed by atoms with van der Waals surface area (Å²) in [6.45, 7) is 0. The van der Waals surface area contributed by atoms with Crippen LogP contribution >= 0.6 is 0 Å². The Labute approximate surface area is 144 Å². The lowest BCUT2D eigenvalue weighted by atomic mass is 10.0. The van der Waals surface area contributed by atoms with E-state index in [-0.39, 0.29) is 32.8 Å². The zero-order chi connectivity index (χ0) is 19.1. The summed E-state index contributed by atoms with van der Waals surface area (Å²) in [5.41, 5.74) is -0.396. The first kappa shape index (κ1) is 17.5. The molecule has 3 rings (SSSR count). The molecule has 0 bridgehead atoms. The first-order valence-electron chi connectivity index (χ1n) is 7.19. The van der Waals surface area contributed by atoms with E-state index in [0.29, 0.717) is 0 Å². The third kappa shape index (κ3) is 3.10. The normalized spacial score (nSPS) is 13.6. The fourth-order valence-corrected chi connectivity index (χ4v) is 2.57. The predicted molar refractivity (Wildman–Crippen MR) is 82.6 cm³/mol. The first-order chi connectivity index (χ1) is 12.2. The number of ketones is 1. The van der Waals surface area contributed by atoms with Gasteiger partial charge >= 0.3 is 12.3 Å². The molecule has 0 fully saturated rings. The number of hydrogen-bond acceptors (Lipinski definition) is 5. The van der Waals surface area contributed by atoms with Gasteiger partial charge in [-0.3, -0.25) is 4.79 Å². The van der Waals surface area contributed by atoms with Gasteiger partial charge in [-0.1, -0.05) is 6.07 Å². The minimum absolute atomic E-state index is 0.0322. The summed E-state index contributed by atoms with van der Waals surface area (Å²) < 4.78 is 45.7. The average molecular weight is 365 g/mol. The molecular weight excluding hydrogens is 355 g/mol. The fourth-order valence-electron chi connectivity index (χ4n) is 2.57. The zero-order valence-corrected chi connectivity index (χ0v) is 13.2. The molecule has 2 aromatic rings. The van der Waals surface area contributed by atoms with Crippen molar-refractivity contribution in [2.75, 3.05) is 7.11 Å². The van der Waals surface area contributed by atoms with E-state index in [1.807, 2.05) is 0 Å². The van der Waals surface area contributed by atoms with E-state index in [0.717, 1.165) is 12.1 Å². The molecule has 26 heavy (non-hydrogen) atoms. The van der Waals surface area contributed by atoms with E-state index in [2.05, 4.69) is 9.47 Å². The highest BCUT2D eigenvalue weighted by Crippen LogP contribution is 2.31. The molecule has 0 amide bonds. The monoisotopic (exact) mass is 365 g/mol. The third-order valence-corrected chi connectivity index (χ3v) is 3.64. The predicted octanol–water partition coefficient (Wildman–Crippen LogP) is 3.20. The van der Waals surface area contributed by atoms with Crippen LogP contribution in [0.15, 0.2) is 42.5 Å². The Morgan fingerprint density at radius 1 is 1.15 bits per heavy atom. The van der Waals surface area contributed by atoms with Crippen molar-refractivity contribution < 1.29 is 37.0 Å². The molecule has 0 N–H and O–H groups in total. The van der Waals surface area contributed by atoms with Gasteiger partial charge in [0.05, 0.1) is 18.2 Å². The molecule has 0 aliphatic carbocycles. The highest BCUT2D eigenvalue weighted by Gasteiger charge is 2.38. The van der Waals surface area contributed by atoms with Gasteiger partial charge < -0.3 is 14.7 Å². The maximum Gasteiger partial charge on any atom is 0.573 e. The Hall–Kier alpha value is -3.36. The van der Waals surface area contributed by atoms with Crippen LogP contribution < -0.4 is 4.74 Å². The number of fused-ring (bicyclic) bond motifs is 1. The quantitative estimate of drug-likeness (QED) is 0.474. The van der Waals surface area contributed by atoms with Gasteiger partial charge in [0, 0.05) is 6.07 Å². The zero-order valence-electron chi connectivity index (χ0n) is 13.2. The number of esters is 1. The SMILES string of the molecule is COC(=O)c1ccc2c(c1)[N+]([O-])=C(c1cccc(OC(F)(F)F)c1)C2=O. The Balaban J connectivity index is 2.05. The van der Waals surface area contributed by atoms with Crippen molar-refractivity contribution in [2.45, 2.75) is 6.36 Å². The molecule has 0 saturated carbocycles. The summed E-state index contributed by atoms with van der Waals surface area (Å²) in [6, 6.07) is 8.34. The number of benzene rings is 2. The second-order valence-electron chi connectivity index (χ2n) is 5.27. The van der Waals surface area contributed by atoms with Gasteiger partial charge in [0.1, 0.15) is 11.3 Å². The standard InChI is InChI=1S/C17H10F3NO5/c1-25-16(23)10-5-6-12-13(8-10)21(24)14(15(12)22)9-3-2-4-11(7-9)26-17(18,19)20/h2-8H,1H3. The number of halogens is 3. The molecule has 1 aliphatic rings. The molecule has 134 valence electrons. The lowest BCUT2D eigenvalue weighted by Gasteiger charge is -2.09. The van der Waals surface area contributed by atoms with Crippen LogP contribution in [0.4, 0.5) is 18.9 Å². The molecule has 1 aliphatic heterocycles. The smallest absolute Gasteiger partial charge is 0.573 e. The van der Waals surface area contributed by atoms with Crippen LogP contribution in [0.25, 0.3) is 0 Å². The van der Waals surface area contributed by atoms with Gasteiger partial charge in [0.15, 0.2) is 0 Å². The molecule has 0 aromatic heterocycles. The van der Waals surface area contributed by atoms with Crippen LogP contribution in [-0.2, 0) is 4.74 Å². The topological polar surface area (TPSA) is 78.7 Å². The van der Waals surface area contributed by atoms with Crippen LogP contribution in [-0.4, -0.2) is 35.7 Å². The Morgan fingerprint density at radius 3 is 2.54 bits per heavy atom. The van der Waals surface area contributed by atoms with E-state index in [1.54, 1.807) is 0 Å². The van der Waals surface area contributed by atoms with E-state index >= 15 is 0 Å². The molecule has 0 saturated heterocycles. The number of carbonyl (C=O) groups excluding carboxylic acids is 2. The van der Waals surface area contributed by atoms with Crippen molar-refractivity contribution in [3.05, 3.63) is 64.4 Å². The Kier molecular flexibility index (Phi) is 4.15. The number of methoxy groups -OCH3 is 1. The van der Waals surface area contributed by atoms with Gasteiger partial charge in [-0.25, -0.2) is 4.79 Å². The van der Waals surface area contributed by atoms with Gasteiger partial charge in [0.25, 0.3) is 11.5 Å². The van der Waals surface area contributed by atoms with Crippen molar-refractivity contribution in [1.82, 2.24) is 0 Å². The molecule has 1 heterocycles. The Bertz CT molecular complexity index is 950. The largest absolute Gasteiger partial charge is 0.618 e. The van der Waals surface area contributed by atoms with Crippen LogP contribution in [0, 0.1) is 5.21 Å². The number of carbonyl (C=O) groups is 2. The van der Waals surface area contributed by atoms with E-state index in [4.69, 9.17) is 0 Å². The summed E-state index contributed by atoms with van der Waals surface area (Å²) in [4.78, 5) is 24.1. The maximum atomic E-state index is 12.5. The van der Waals surface area contributed by atoms with E-state index < -0.39 is 23.9 Å². The highest BCUT2D eigenvalue weighted by atomic mass is 19.4. The van der Waals surface area contributed by atoms with Crippen LogP contribution in [0.3, 0.4) is 0 Å². The minimum Gasteiger partial charge on any atom is -0.618 e. The van der Waals surface area contributed by atoms with Gasteiger partial charge in [-0.15, -0.1) is 13.2 Å². The van der Waals surface area contributed by atoms with Crippen LogP contribution in [0.1, 0.15) is 26.3 Å². The number of alkyl halides is 3. The second-order valence-corrected chi connectivity index (χ2v) is 5.27. The van der Waals surface area contributed by atoms with Crippen molar-refractivity contribution in [2.24, 2.45) is 0 Å². The summed E-state index contributed by atoms with van der Waals surface area (Å²) in [6.07, 6.45) is -4.90. The van der Waals surface area contributed by atoms with Gasteiger partial charge in [-0.2, -0.15) is 4.74 Å². The summed E-state index contributed by atoms with van der Waals surface area (Å²) in [5, 5.41) is 12.5. The van der Waals surface area contributed by atoms with Crippen LogP contribution in [0.2, 0.25) is 0 Å². The molecule has 2 aromatic carbocycles. The van der Waals surface area contributed by atoms with Crippen molar-refractivity contribution in [3.8, 4) is 5.75 Å². The minimum atomic E-state index is -4.90. The molecule has 9 heteroatoms. The first-order valence-corrected chi connectivity index (χ1v) is 7.19. The lowest BCUT2D eigenvalue weighted by molar-refractivity contribution is -0.355. The number of hydrogen-bond donors (Lipinski definition) is 0. The fraction of sp³-hybridized carbons (Fsp3) is 0.118. The molecule has 0 spiro atoms. The number of nitrogens with zero attached hydrogens (tertiary/aromatic N) is 1. The molecular formula is C17H10F3NO5. The van der Waals surface area contributed by atoms with E-state index in [9.17, 15) is 28.0 Å². The molecule has 0 unspecified atom stereocenters. The lowest BCUT2D eigenvalue weighted by Crippen LogP contribution is -2.19. The van der Waals surface area contributed by atoms with Crippen molar-refractivity contribution in [3.63, 3.8) is 0 Å². The maximum absolute atomic E-state index is 12.5. The van der Waals surface area contributed by atoms with Crippen molar-refractivity contribution >= 4 is 23.2 Å². The summed E-state index contributed by atoms with van der Waals surface area (Å²) >= 11 is 0. The van der Waals surface area contributed by atoms with Crippen LogP contribution in [0.5, 0.6) is 5.75 Å². The summed E-state index contributed by atoms with van der Waals surface area (Å²) in [5.74, 6) is -1.92. The van der Waals surface area contributed by atoms with Gasteiger partial charge in [0.2, 0.25) is 5.69 Å². The number of Topliss-reactive ketones (excluding diaryl/α,β-unsaturated/α-hetero) is 1. The Morgan fingerprint density at radius 2 is 1.88 bits per heavy atom. The second kappa shape index (κ2) is 6.17. The number of ether oxygens (including phenoxy) is 2. The summed E-state index contributed by atoms with van der Waals surface area (Å²) in [7, 11) is 1.17. The number of rotatable bonds is 3. The molecule has 0 radical (unpaired) electrons. The van der Waals surface area contributed by atoms with Gasteiger partial charge in [-0.05, 0) is 30.3 Å². The van der Waals surface area contributed by atoms with Crippen molar-refractivity contribution in [1.29, 1.82) is 0 Å². The molecule has 6 nitrogen and oxygen atoms in total.